The predicted molar refractivity (Wildman–Crippen MR) is 88.1 cm³/mol. The molecule has 5 nitrogen and oxygen atoms in total. The molecule has 1 fully saturated rings. The molecule has 0 spiro atoms. The van der Waals surface area contributed by atoms with Gasteiger partial charge in [-0.05, 0) is 25.7 Å². The number of carbonyl (C=O) groups is 2. The van der Waals surface area contributed by atoms with Crippen LogP contribution < -0.4 is 10.2 Å². The molecule has 1 aliphatic rings. The Morgan fingerprint density at radius 3 is 2.86 bits per heavy atom. The summed E-state index contributed by atoms with van der Waals surface area (Å²) in [6.45, 7) is 4.80. The molecule has 1 aliphatic heterocycles. The number of hydrogen-bond acceptors (Lipinski definition) is 3. The highest BCUT2D eigenvalue weighted by atomic mass is 35.5. The third-order valence-electron chi connectivity index (χ3n) is 3.97. The second-order valence-corrected chi connectivity index (χ2v) is 5.95. The molecule has 0 saturated carbocycles. The van der Waals surface area contributed by atoms with Crippen molar-refractivity contribution in [3.05, 3.63) is 29.3 Å². The number of para-hydroxylation sites is 1. The van der Waals surface area contributed by atoms with E-state index < -0.39 is 0 Å². The predicted octanol–water partition coefficient (Wildman–Crippen LogP) is 1.76. The highest BCUT2D eigenvalue weighted by Gasteiger charge is 2.35. The molecule has 1 aromatic rings. The van der Waals surface area contributed by atoms with E-state index in [-0.39, 0.29) is 24.2 Å². The quantitative estimate of drug-likeness (QED) is 0.868. The number of hydrogen-bond donors (Lipinski definition) is 1. The number of nitrogens with zero attached hydrogens (tertiary/aromatic N) is 2. The van der Waals surface area contributed by atoms with Crippen molar-refractivity contribution in [1.29, 1.82) is 0 Å². The summed E-state index contributed by atoms with van der Waals surface area (Å²) >= 11 is 6.13. The van der Waals surface area contributed by atoms with Crippen LogP contribution in [0.25, 0.3) is 0 Å². The summed E-state index contributed by atoms with van der Waals surface area (Å²) in [5.74, 6) is -0.429. The van der Waals surface area contributed by atoms with E-state index >= 15 is 0 Å². The molecule has 120 valence electrons. The van der Waals surface area contributed by atoms with Crippen LogP contribution in [0.4, 0.5) is 5.69 Å². The van der Waals surface area contributed by atoms with Crippen LogP contribution in [0.2, 0.25) is 5.02 Å². The molecule has 2 rings (SSSR count). The van der Waals surface area contributed by atoms with Crippen LogP contribution in [0.3, 0.4) is 0 Å². The first-order chi connectivity index (χ1) is 10.5. The molecule has 1 heterocycles. The van der Waals surface area contributed by atoms with E-state index in [1.165, 1.54) is 0 Å². The van der Waals surface area contributed by atoms with Gasteiger partial charge in [0.15, 0.2) is 0 Å². The smallest absolute Gasteiger partial charge is 0.227 e. The summed E-state index contributed by atoms with van der Waals surface area (Å²) in [6, 6.07) is 7.21. The van der Waals surface area contributed by atoms with Crippen LogP contribution in [0.5, 0.6) is 0 Å². The highest BCUT2D eigenvalue weighted by molar-refractivity contribution is 6.33. The Balaban J connectivity index is 1.92. The SMILES string of the molecule is CCN(C)CCNC(=O)[C@@H]1CC(=O)N(c2ccccc2Cl)C1. The van der Waals surface area contributed by atoms with Gasteiger partial charge < -0.3 is 15.1 Å². The minimum absolute atomic E-state index is 0.0565. The van der Waals surface area contributed by atoms with Gasteiger partial charge in [-0.25, -0.2) is 0 Å². The van der Waals surface area contributed by atoms with E-state index in [0.717, 1.165) is 13.1 Å². The fraction of sp³-hybridized carbons (Fsp3) is 0.500. The van der Waals surface area contributed by atoms with E-state index in [0.29, 0.717) is 23.8 Å². The fourth-order valence-corrected chi connectivity index (χ4v) is 2.70. The lowest BCUT2D eigenvalue weighted by Crippen LogP contribution is -2.37. The summed E-state index contributed by atoms with van der Waals surface area (Å²) in [7, 11) is 2.00. The normalized spacial score (nSPS) is 18.1. The summed E-state index contributed by atoms with van der Waals surface area (Å²) in [6.07, 6.45) is 0.237. The Bertz CT molecular complexity index is 550. The zero-order valence-electron chi connectivity index (χ0n) is 13.0. The van der Waals surface area contributed by atoms with Gasteiger partial charge in [0.2, 0.25) is 11.8 Å². The van der Waals surface area contributed by atoms with Crippen molar-refractivity contribution in [2.75, 3.05) is 38.1 Å². The molecule has 0 aliphatic carbocycles. The van der Waals surface area contributed by atoms with Gasteiger partial charge in [-0.2, -0.15) is 0 Å². The molecular formula is C16H22ClN3O2. The maximum absolute atomic E-state index is 12.2. The summed E-state index contributed by atoms with van der Waals surface area (Å²) in [4.78, 5) is 28.1. The van der Waals surface area contributed by atoms with E-state index in [1.807, 2.05) is 19.2 Å². The van der Waals surface area contributed by atoms with Crippen LogP contribution in [-0.4, -0.2) is 49.9 Å². The number of nitrogens with one attached hydrogen (secondary N) is 1. The van der Waals surface area contributed by atoms with Crippen LogP contribution in [-0.2, 0) is 9.59 Å². The third-order valence-corrected chi connectivity index (χ3v) is 4.29. The minimum atomic E-state index is -0.310. The summed E-state index contributed by atoms with van der Waals surface area (Å²) in [5.41, 5.74) is 0.676. The number of likely N-dealkylation sites (N-methyl/N-ethyl adjacent to an activating group) is 1. The monoisotopic (exact) mass is 323 g/mol. The van der Waals surface area contributed by atoms with Gasteiger partial charge in [0.25, 0.3) is 0 Å². The topological polar surface area (TPSA) is 52.7 Å². The lowest BCUT2D eigenvalue weighted by molar-refractivity contribution is -0.126. The molecule has 0 aromatic heterocycles. The number of benzene rings is 1. The van der Waals surface area contributed by atoms with Gasteiger partial charge in [-0.1, -0.05) is 30.7 Å². The second-order valence-electron chi connectivity index (χ2n) is 5.54. The van der Waals surface area contributed by atoms with Gasteiger partial charge in [0.05, 0.1) is 16.6 Å². The largest absolute Gasteiger partial charge is 0.355 e. The van der Waals surface area contributed by atoms with Gasteiger partial charge in [0, 0.05) is 26.1 Å². The van der Waals surface area contributed by atoms with Crippen molar-refractivity contribution in [3.63, 3.8) is 0 Å². The molecule has 1 saturated heterocycles. The number of rotatable bonds is 6. The Morgan fingerprint density at radius 2 is 2.18 bits per heavy atom. The Labute approximate surface area is 136 Å². The van der Waals surface area contributed by atoms with Crippen molar-refractivity contribution in [3.8, 4) is 0 Å². The average Bonchev–Trinajstić information content (AvgIpc) is 2.89. The first kappa shape index (κ1) is 16.8. The molecule has 22 heavy (non-hydrogen) atoms. The van der Waals surface area contributed by atoms with E-state index in [9.17, 15) is 9.59 Å². The number of anilines is 1. The molecular weight excluding hydrogens is 302 g/mol. The summed E-state index contributed by atoms with van der Waals surface area (Å²) < 4.78 is 0. The molecule has 6 heteroatoms. The van der Waals surface area contributed by atoms with E-state index in [4.69, 9.17) is 11.6 Å². The molecule has 0 bridgehead atoms. The molecule has 1 atom stereocenters. The molecule has 1 N–H and O–H groups in total. The molecule has 0 radical (unpaired) electrons. The first-order valence-corrected chi connectivity index (χ1v) is 7.92. The number of carbonyl (C=O) groups excluding carboxylic acids is 2. The average molecular weight is 324 g/mol. The minimum Gasteiger partial charge on any atom is -0.355 e. The molecule has 1 aromatic carbocycles. The van der Waals surface area contributed by atoms with Crippen molar-refractivity contribution in [1.82, 2.24) is 10.2 Å². The maximum atomic E-state index is 12.2. The van der Waals surface area contributed by atoms with Gasteiger partial charge in [-0.15, -0.1) is 0 Å². The molecule has 2 amide bonds. The number of amides is 2. The van der Waals surface area contributed by atoms with Crippen molar-refractivity contribution >= 4 is 29.1 Å². The highest BCUT2D eigenvalue weighted by Crippen LogP contribution is 2.30. The Kier molecular flexibility index (Phi) is 5.80. The van der Waals surface area contributed by atoms with Gasteiger partial charge in [0.1, 0.15) is 0 Å². The fourth-order valence-electron chi connectivity index (χ4n) is 2.46. The lowest BCUT2D eigenvalue weighted by atomic mass is 10.1. The zero-order valence-corrected chi connectivity index (χ0v) is 13.8. The molecule has 0 unspecified atom stereocenters. The Morgan fingerprint density at radius 1 is 1.45 bits per heavy atom. The van der Waals surface area contributed by atoms with Crippen molar-refractivity contribution < 1.29 is 9.59 Å². The second kappa shape index (κ2) is 7.61. The van der Waals surface area contributed by atoms with E-state index in [2.05, 4.69) is 17.1 Å². The third kappa shape index (κ3) is 3.99. The van der Waals surface area contributed by atoms with Crippen LogP contribution in [0.15, 0.2) is 24.3 Å². The van der Waals surface area contributed by atoms with E-state index in [1.54, 1.807) is 17.0 Å². The van der Waals surface area contributed by atoms with Crippen LogP contribution in [0.1, 0.15) is 13.3 Å². The van der Waals surface area contributed by atoms with Crippen LogP contribution in [0, 0.1) is 5.92 Å². The van der Waals surface area contributed by atoms with Gasteiger partial charge >= 0.3 is 0 Å². The van der Waals surface area contributed by atoms with Crippen molar-refractivity contribution in [2.45, 2.75) is 13.3 Å². The lowest BCUT2D eigenvalue weighted by Gasteiger charge is -2.18. The number of halogens is 1. The standard InChI is InChI=1S/C16H22ClN3O2/c1-3-19(2)9-8-18-16(22)12-10-15(21)20(11-12)14-7-5-4-6-13(14)17/h4-7,12H,3,8-11H2,1-2H3,(H,18,22)/t12-/m1/s1. The summed E-state index contributed by atoms with van der Waals surface area (Å²) in [5, 5.41) is 3.43. The zero-order chi connectivity index (χ0) is 16.1. The Hall–Kier alpha value is -1.59. The first-order valence-electron chi connectivity index (χ1n) is 7.54. The van der Waals surface area contributed by atoms with Crippen LogP contribution >= 0.6 is 11.6 Å². The van der Waals surface area contributed by atoms with Crippen molar-refractivity contribution in [2.24, 2.45) is 5.92 Å². The van der Waals surface area contributed by atoms with Gasteiger partial charge in [-0.3, -0.25) is 9.59 Å². The maximum Gasteiger partial charge on any atom is 0.227 e.